The molecule has 1 heterocycles. The van der Waals surface area contributed by atoms with Crippen LogP contribution < -0.4 is 5.73 Å². The van der Waals surface area contributed by atoms with E-state index in [2.05, 4.69) is 37.1 Å². The fourth-order valence-electron chi connectivity index (χ4n) is 2.27. The van der Waals surface area contributed by atoms with Crippen LogP contribution in [-0.4, -0.2) is 34.3 Å². The normalized spacial score (nSPS) is 13.7. The van der Waals surface area contributed by atoms with E-state index in [0.717, 1.165) is 12.8 Å². The van der Waals surface area contributed by atoms with Crippen molar-refractivity contribution in [3.05, 3.63) is 18.0 Å². The minimum absolute atomic E-state index is 0.276. The summed E-state index contributed by atoms with van der Waals surface area (Å²) in [6, 6.07) is 0.868. The smallest absolute Gasteiger partial charge is 0.0538 e. The predicted octanol–water partition coefficient (Wildman–Crippen LogP) is 1.54. The van der Waals surface area contributed by atoms with Crippen molar-refractivity contribution in [2.45, 2.75) is 38.8 Å². The second-order valence-corrected chi connectivity index (χ2v) is 4.33. The Hall–Kier alpha value is -0.870. The summed E-state index contributed by atoms with van der Waals surface area (Å²) in [7, 11) is 4.09. The SMILES string of the molecule is CCC(CC)N(C)C(CN)c1cnn(C)c1. The molecule has 0 aliphatic rings. The second kappa shape index (κ2) is 6.01. The van der Waals surface area contributed by atoms with Gasteiger partial charge >= 0.3 is 0 Å². The van der Waals surface area contributed by atoms with E-state index in [1.54, 1.807) is 0 Å². The molecule has 0 aromatic carbocycles. The summed E-state index contributed by atoms with van der Waals surface area (Å²) in [6.07, 6.45) is 6.28. The summed E-state index contributed by atoms with van der Waals surface area (Å²) in [6.45, 7) is 5.08. The molecule has 1 atom stereocenters. The molecule has 16 heavy (non-hydrogen) atoms. The quantitative estimate of drug-likeness (QED) is 0.797. The first-order chi connectivity index (χ1) is 7.63. The van der Waals surface area contributed by atoms with Crippen molar-refractivity contribution < 1.29 is 0 Å². The molecule has 1 aromatic rings. The number of nitrogens with zero attached hydrogens (tertiary/aromatic N) is 3. The van der Waals surface area contributed by atoms with Gasteiger partial charge in [0.15, 0.2) is 0 Å². The number of likely N-dealkylation sites (N-methyl/N-ethyl adjacent to an activating group) is 1. The van der Waals surface area contributed by atoms with Crippen LogP contribution in [0.2, 0.25) is 0 Å². The van der Waals surface area contributed by atoms with Crippen molar-refractivity contribution in [2.24, 2.45) is 12.8 Å². The lowest BCUT2D eigenvalue weighted by Crippen LogP contribution is -2.37. The third-order valence-corrected chi connectivity index (χ3v) is 3.34. The maximum absolute atomic E-state index is 5.88. The standard InChI is InChI=1S/C12H24N4/c1-5-11(6-2)16(4)12(7-13)10-8-14-15(3)9-10/h8-9,11-12H,5-7,13H2,1-4H3. The number of rotatable bonds is 6. The van der Waals surface area contributed by atoms with Gasteiger partial charge in [-0.15, -0.1) is 0 Å². The van der Waals surface area contributed by atoms with Gasteiger partial charge in [-0.2, -0.15) is 5.10 Å². The molecule has 4 heteroatoms. The van der Waals surface area contributed by atoms with E-state index in [4.69, 9.17) is 5.73 Å². The Bertz CT molecular complexity index is 304. The zero-order chi connectivity index (χ0) is 12.1. The molecule has 0 fully saturated rings. The molecule has 0 bridgehead atoms. The van der Waals surface area contributed by atoms with E-state index in [1.165, 1.54) is 5.56 Å². The summed E-state index contributed by atoms with van der Waals surface area (Å²) >= 11 is 0. The summed E-state index contributed by atoms with van der Waals surface area (Å²) < 4.78 is 1.83. The molecule has 2 N–H and O–H groups in total. The third kappa shape index (κ3) is 2.83. The van der Waals surface area contributed by atoms with Gasteiger partial charge < -0.3 is 5.73 Å². The molecule has 0 aliphatic heterocycles. The average molecular weight is 224 g/mol. The first-order valence-electron chi connectivity index (χ1n) is 6.04. The molecule has 0 saturated carbocycles. The molecular formula is C12H24N4. The van der Waals surface area contributed by atoms with Gasteiger partial charge in [-0.3, -0.25) is 9.58 Å². The van der Waals surface area contributed by atoms with Gasteiger partial charge in [-0.05, 0) is 19.9 Å². The lowest BCUT2D eigenvalue weighted by Gasteiger charge is -2.33. The maximum atomic E-state index is 5.88. The van der Waals surface area contributed by atoms with Crippen molar-refractivity contribution in [1.29, 1.82) is 0 Å². The van der Waals surface area contributed by atoms with Crippen LogP contribution in [0.15, 0.2) is 12.4 Å². The van der Waals surface area contributed by atoms with E-state index in [1.807, 2.05) is 17.9 Å². The van der Waals surface area contributed by atoms with Crippen molar-refractivity contribution >= 4 is 0 Å². The van der Waals surface area contributed by atoms with Crippen LogP contribution in [0, 0.1) is 0 Å². The topological polar surface area (TPSA) is 47.1 Å². The highest BCUT2D eigenvalue weighted by Gasteiger charge is 2.21. The largest absolute Gasteiger partial charge is 0.329 e. The van der Waals surface area contributed by atoms with Crippen LogP contribution in [0.5, 0.6) is 0 Å². The van der Waals surface area contributed by atoms with E-state index in [9.17, 15) is 0 Å². The van der Waals surface area contributed by atoms with Crippen molar-refractivity contribution in [3.8, 4) is 0 Å². The maximum Gasteiger partial charge on any atom is 0.0538 e. The molecular weight excluding hydrogens is 200 g/mol. The van der Waals surface area contributed by atoms with Crippen molar-refractivity contribution in [1.82, 2.24) is 14.7 Å². The molecule has 1 aromatic heterocycles. The van der Waals surface area contributed by atoms with Gasteiger partial charge in [0.1, 0.15) is 0 Å². The summed E-state index contributed by atoms with van der Waals surface area (Å²) in [5.74, 6) is 0. The number of aromatic nitrogens is 2. The number of hydrogen-bond acceptors (Lipinski definition) is 3. The molecule has 0 saturated heterocycles. The van der Waals surface area contributed by atoms with Crippen LogP contribution in [0.4, 0.5) is 0 Å². The summed E-state index contributed by atoms with van der Waals surface area (Å²) in [4.78, 5) is 2.37. The lowest BCUT2D eigenvalue weighted by molar-refractivity contribution is 0.167. The minimum Gasteiger partial charge on any atom is -0.329 e. The van der Waals surface area contributed by atoms with Gasteiger partial charge in [0.2, 0.25) is 0 Å². The fourth-order valence-corrected chi connectivity index (χ4v) is 2.27. The highest BCUT2D eigenvalue weighted by atomic mass is 15.3. The summed E-state index contributed by atoms with van der Waals surface area (Å²) in [5, 5.41) is 4.21. The Morgan fingerprint density at radius 1 is 1.44 bits per heavy atom. The van der Waals surface area contributed by atoms with E-state index in [-0.39, 0.29) is 6.04 Å². The summed E-state index contributed by atoms with van der Waals surface area (Å²) in [5.41, 5.74) is 7.09. The molecule has 0 aliphatic carbocycles. The third-order valence-electron chi connectivity index (χ3n) is 3.34. The molecule has 1 rings (SSSR count). The first-order valence-corrected chi connectivity index (χ1v) is 6.04. The first kappa shape index (κ1) is 13.2. The highest BCUT2D eigenvalue weighted by Crippen LogP contribution is 2.22. The Morgan fingerprint density at radius 2 is 2.06 bits per heavy atom. The lowest BCUT2D eigenvalue weighted by atomic mass is 10.0. The van der Waals surface area contributed by atoms with Gasteiger partial charge in [0.25, 0.3) is 0 Å². The minimum atomic E-state index is 0.276. The van der Waals surface area contributed by atoms with Gasteiger partial charge in [0, 0.05) is 31.4 Å². The molecule has 0 spiro atoms. The second-order valence-electron chi connectivity index (χ2n) is 4.33. The molecule has 0 radical (unpaired) electrons. The van der Waals surface area contributed by atoms with Crippen LogP contribution in [-0.2, 0) is 7.05 Å². The van der Waals surface area contributed by atoms with Crippen LogP contribution in [0.25, 0.3) is 0 Å². The Labute approximate surface area is 98.4 Å². The number of aryl methyl sites for hydroxylation is 1. The van der Waals surface area contributed by atoms with Gasteiger partial charge in [-0.1, -0.05) is 13.8 Å². The van der Waals surface area contributed by atoms with Crippen LogP contribution in [0.3, 0.4) is 0 Å². The van der Waals surface area contributed by atoms with Gasteiger partial charge in [-0.25, -0.2) is 0 Å². The number of nitrogens with two attached hydrogens (primary N) is 1. The van der Waals surface area contributed by atoms with Crippen LogP contribution >= 0.6 is 0 Å². The van der Waals surface area contributed by atoms with Crippen molar-refractivity contribution in [3.63, 3.8) is 0 Å². The fraction of sp³-hybridized carbons (Fsp3) is 0.750. The van der Waals surface area contributed by atoms with E-state index >= 15 is 0 Å². The van der Waals surface area contributed by atoms with E-state index in [0.29, 0.717) is 12.6 Å². The molecule has 0 amide bonds. The highest BCUT2D eigenvalue weighted by molar-refractivity contribution is 5.11. The Balaban J connectivity index is 2.81. The Kier molecular flexibility index (Phi) is 4.96. The zero-order valence-corrected chi connectivity index (χ0v) is 10.8. The van der Waals surface area contributed by atoms with Gasteiger partial charge in [0.05, 0.1) is 12.2 Å². The van der Waals surface area contributed by atoms with Crippen LogP contribution in [0.1, 0.15) is 38.3 Å². The predicted molar refractivity (Wildman–Crippen MR) is 67.1 cm³/mol. The molecule has 92 valence electrons. The molecule has 1 unspecified atom stereocenters. The van der Waals surface area contributed by atoms with Crippen molar-refractivity contribution in [2.75, 3.05) is 13.6 Å². The molecule has 4 nitrogen and oxygen atoms in total. The Morgan fingerprint density at radius 3 is 2.44 bits per heavy atom. The average Bonchev–Trinajstić information content (AvgIpc) is 2.68. The monoisotopic (exact) mass is 224 g/mol. The van der Waals surface area contributed by atoms with E-state index < -0.39 is 0 Å². The number of hydrogen-bond donors (Lipinski definition) is 1. The zero-order valence-electron chi connectivity index (χ0n) is 10.8.